The number of ether oxygens (including phenoxy) is 4. The summed E-state index contributed by atoms with van der Waals surface area (Å²) in [4.78, 5) is 97.8. The Hall–Kier alpha value is -6.13. The van der Waals surface area contributed by atoms with Crippen molar-refractivity contribution in [2.45, 2.75) is 90.7 Å². The fourth-order valence-electron chi connectivity index (χ4n) is 5.62. The van der Waals surface area contributed by atoms with E-state index in [9.17, 15) is 52.8 Å². The predicted octanol–water partition coefficient (Wildman–Crippen LogP) is -0.996. The molecule has 27 heteroatoms. The molecule has 1 saturated heterocycles. The van der Waals surface area contributed by atoms with E-state index in [1.807, 2.05) is 4.72 Å². The Balaban J connectivity index is 0.00000485. The Morgan fingerprint density at radius 1 is 0.955 bits per heavy atom. The maximum Gasteiger partial charge on any atom is 0.420 e. The van der Waals surface area contributed by atoms with Gasteiger partial charge in [0.2, 0.25) is 29.5 Å². The molecule has 0 spiro atoms. The zero-order valence-electron chi connectivity index (χ0n) is 37.2. The second-order valence-corrected chi connectivity index (χ2v) is 15.3. The van der Waals surface area contributed by atoms with Crippen molar-refractivity contribution in [2.24, 2.45) is 5.73 Å². The van der Waals surface area contributed by atoms with Gasteiger partial charge in [-0.2, -0.15) is 0 Å². The van der Waals surface area contributed by atoms with Crippen LogP contribution >= 0.6 is 0 Å². The van der Waals surface area contributed by atoms with Crippen molar-refractivity contribution >= 4 is 64.5 Å². The second-order valence-electron chi connectivity index (χ2n) is 14.3. The van der Waals surface area contributed by atoms with E-state index in [1.54, 1.807) is 12.1 Å². The van der Waals surface area contributed by atoms with Crippen LogP contribution in [0.1, 0.15) is 81.7 Å². The average molecular weight is 956 g/mol. The third kappa shape index (κ3) is 22.7. The third-order valence-electron chi connectivity index (χ3n) is 8.77. The highest BCUT2D eigenvalue weighted by molar-refractivity contribution is 7.81. The summed E-state index contributed by atoms with van der Waals surface area (Å²) in [7, 11) is 1.45. The minimum absolute atomic E-state index is 0.0275. The summed E-state index contributed by atoms with van der Waals surface area (Å²) >= 11 is -1.97. The lowest BCUT2D eigenvalue weighted by Gasteiger charge is -2.19. The highest BCUT2D eigenvalue weighted by Gasteiger charge is 2.28. The number of aliphatic hydroxyl groups is 1. The molecular weight excluding hydrogens is 895 g/mol. The van der Waals surface area contributed by atoms with Gasteiger partial charge in [0.05, 0.1) is 71.4 Å². The first kappa shape index (κ1) is 56.0. The van der Waals surface area contributed by atoms with Gasteiger partial charge in [0.1, 0.15) is 18.3 Å². The Bertz CT molecular complexity index is 1920. The molecule has 0 aliphatic carbocycles. The number of hydrogen-bond donors (Lipinski definition) is 9. The molecule has 1 aromatic carbocycles. The van der Waals surface area contributed by atoms with E-state index >= 15 is 0 Å². The summed E-state index contributed by atoms with van der Waals surface area (Å²) in [6.07, 6.45) is 1.59. The van der Waals surface area contributed by atoms with Crippen molar-refractivity contribution in [1.82, 2.24) is 45.3 Å². The quantitative estimate of drug-likeness (QED) is 0.0335. The number of carbonyl (C=O) groups excluding carboxylic acids is 7. The number of carboxylic acid groups (broad SMARTS) is 1. The smallest absolute Gasteiger partial charge is 0.420 e. The number of rotatable bonds is 30. The predicted molar refractivity (Wildman–Crippen MR) is 232 cm³/mol. The third-order valence-corrected chi connectivity index (χ3v) is 9.59. The van der Waals surface area contributed by atoms with E-state index in [2.05, 4.69) is 50.1 Å². The number of aromatic nitrogens is 3. The number of benzene rings is 1. The molecule has 2 heterocycles. The maximum atomic E-state index is 13.4. The fraction of sp³-hybridized carbons (Fsp3) is 0.590. The van der Waals surface area contributed by atoms with E-state index in [0.717, 1.165) is 4.90 Å². The number of methoxy groups -OCH3 is 1. The van der Waals surface area contributed by atoms with Crippen molar-refractivity contribution in [3.05, 3.63) is 41.2 Å². The topological polar surface area (TPSA) is 363 Å². The second kappa shape index (κ2) is 31.7. The molecule has 3 atom stereocenters. The number of carbonyl (C=O) groups is 8. The highest BCUT2D eigenvalue weighted by atomic mass is 32.2. The number of primary amides is 1. The molecule has 0 radical (unpaired) electrons. The first-order valence-electron chi connectivity index (χ1n) is 20.9. The number of anilines is 1. The van der Waals surface area contributed by atoms with Crippen LogP contribution in [0.5, 0.6) is 0 Å². The summed E-state index contributed by atoms with van der Waals surface area (Å²) in [6.45, 7) is 3.36. The Kier molecular flexibility index (Phi) is 26.9. The summed E-state index contributed by atoms with van der Waals surface area (Å²) in [5, 5.41) is 37.4. The summed E-state index contributed by atoms with van der Waals surface area (Å²) in [5.41, 5.74) is 6.61. The number of nitrogens with two attached hydrogens (primary N) is 1. The zero-order chi connectivity index (χ0) is 48.9. The van der Waals surface area contributed by atoms with Gasteiger partial charge in [-0.25, -0.2) is 27.9 Å². The van der Waals surface area contributed by atoms with Crippen molar-refractivity contribution in [2.75, 3.05) is 65.0 Å². The number of nitrogens with zero attached hydrogens (tertiary/aromatic N) is 4. The molecule has 0 bridgehead atoms. The largest absolute Gasteiger partial charge is 0.481 e. The number of nitrogens with one attached hydrogen (secondary N) is 6. The Morgan fingerprint density at radius 2 is 1.68 bits per heavy atom. The van der Waals surface area contributed by atoms with Crippen molar-refractivity contribution in [3.63, 3.8) is 0 Å². The van der Waals surface area contributed by atoms with Crippen molar-refractivity contribution in [3.8, 4) is 0 Å². The van der Waals surface area contributed by atoms with E-state index in [4.69, 9.17) is 24.7 Å². The number of likely N-dealkylation sites (tertiary alicyclic amines) is 1. The maximum absolute atomic E-state index is 13.4. The molecule has 1 aliphatic heterocycles. The lowest BCUT2D eigenvalue weighted by molar-refractivity contribution is -0.140. The minimum Gasteiger partial charge on any atom is -0.481 e. The molecule has 26 nitrogen and oxygen atoms in total. The van der Waals surface area contributed by atoms with Crippen LogP contribution in [-0.2, 0) is 78.7 Å². The Morgan fingerprint density at radius 3 is 2.35 bits per heavy atom. The van der Waals surface area contributed by atoms with Crippen LogP contribution in [0.15, 0.2) is 24.4 Å². The number of hydrogen-bond acceptors (Lipinski definition) is 16. The van der Waals surface area contributed by atoms with Gasteiger partial charge in [-0.15, -0.1) is 5.10 Å². The molecular formula is C39H61N11O15S. The summed E-state index contributed by atoms with van der Waals surface area (Å²) in [5.74, 6) is -3.61. The first-order chi connectivity index (χ1) is 31.6. The van der Waals surface area contributed by atoms with Crippen LogP contribution < -0.4 is 36.4 Å². The lowest BCUT2D eigenvalue weighted by Crippen LogP contribution is -2.47. The number of carboxylic acids is 1. The van der Waals surface area contributed by atoms with Crippen LogP contribution in [0.4, 0.5) is 15.3 Å². The van der Waals surface area contributed by atoms with Crippen LogP contribution in [0.25, 0.3) is 0 Å². The van der Waals surface area contributed by atoms with Gasteiger partial charge in [-0.05, 0) is 36.1 Å². The van der Waals surface area contributed by atoms with E-state index in [1.165, 1.54) is 30.5 Å². The number of imide groups is 1. The van der Waals surface area contributed by atoms with Gasteiger partial charge < -0.3 is 56.2 Å². The molecule has 3 unspecified atom stereocenters. The van der Waals surface area contributed by atoms with E-state index < -0.39 is 78.6 Å². The standard InChI is InChI=1S/C36H53N11O15S.C3H8/c1-59-13-10-40-63(58)44-36(57)62-22-27(16-33(53)54)47-18-26(43-45-47)21-61-20-24-15-25(5-4-23(24)19-48)41-34(55)28(3-2-9-38-35(37)56)42-30(50)17-39-29(49)8-12-60-14-11-46-31(51)6-7-32(46)52;1-3-2/h4-5,15,18,27-28,40,48H,2-3,6-14,16-17,19-22H2,1H3,(H,39,49)(H,41,55)(H,42,50)(H,44,57)(H,53,54)(H3,37,38,56);3H2,1-2H3. The van der Waals surface area contributed by atoms with Crippen molar-refractivity contribution < 1.29 is 71.7 Å². The van der Waals surface area contributed by atoms with Gasteiger partial charge in [-0.3, -0.25) is 33.7 Å². The van der Waals surface area contributed by atoms with Gasteiger partial charge in [0.15, 0.2) is 11.2 Å². The molecule has 368 valence electrons. The van der Waals surface area contributed by atoms with Crippen LogP contribution in [0.3, 0.4) is 0 Å². The SMILES string of the molecule is CCC.COCCNS(=O)NC(=O)OCC(CC(=O)O)n1cc(COCc2cc(NC(=O)C(CCCNC(N)=O)NC(=O)CNC(=O)CCOCCN3C(=O)CCC3=O)ccc2CO)nn1. The van der Waals surface area contributed by atoms with E-state index in [-0.39, 0.29) is 115 Å². The molecule has 8 amide bonds. The molecule has 66 heavy (non-hydrogen) atoms. The molecule has 3 rings (SSSR count). The minimum atomic E-state index is -1.97. The lowest BCUT2D eigenvalue weighted by atomic mass is 10.1. The first-order valence-corrected chi connectivity index (χ1v) is 22.1. The van der Waals surface area contributed by atoms with Crippen LogP contribution in [-0.4, -0.2) is 148 Å². The monoisotopic (exact) mass is 955 g/mol. The Labute approximate surface area is 383 Å². The molecule has 1 fully saturated rings. The molecule has 1 aliphatic rings. The van der Waals surface area contributed by atoms with E-state index in [0.29, 0.717) is 11.1 Å². The average Bonchev–Trinajstić information content (AvgIpc) is 3.87. The number of amides is 8. The van der Waals surface area contributed by atoms with Gasteiger partial charge >= 0.3 is 18.1 Å². The zero-order valence-corrected chi connectivity index (χ0v) is 38.0. The molecule has 10 N–H and O–H groups in total. The van der Waals surface area contributed by atoms with Crippen molar-refractivity contribution in [1.29, 1.82) is 0 Å². The van der Waals surface area contributed by atoms with Crippen LogP contribution in [0.2, 0.25) is 0 Å². The highest BCUT2D eigenvalue weighted by Crippen LogP contribution is 2.19. The fourth-order valence-corrected chi connectivity index (χ4v) is 6.17. The van der Waals surface area contributed by atoms with Crippen LogP contribution in [0, 0.1) is 0 Å². The molecule has 2 aromatic rings. The van der Waals surface area contributed by atoms with Gasteiger partial charge in [0, 0.05) is 45.1 Å². The normalized spacial score (nSPS) is 13.4. The number of aliphatic hydroxyl groups excluding tert-OH is 1. The van der Waals surface area contributed by atoms with Gasteiger partial charge in [0.25, 0.3) is 0 Å². The number of urea groups is 1. The number of aliphatic carboxylic acids is 1. The molecule has 1 aromatic heterocycles. The molecule has 0 saturated carbocycles. The summed E-state index contributed by atoms with van der Waals surface area (Å²) < 4.78 is 38.6. The van der Waals surface area contributed by atoms with Gasteiger partial charge in [-0.1, -0.05) is 31.5 Å². The summed E-state index contributed by atoms with van der Waals surface area (Å²) in [6, 6.07) is 1.74.